The van der Waals surface area contributed by atoms with Gasteiger partial charge in [0.05, 0.1) is 0 Å². The number of nitrogens with one attached hydrogen (secondary N) is 1. The molecule has 0 spiro atoms. The summed E-state index contributed by atoms with van der Waals surface area (Å²) in [5, 5.41) is 12.4. The third-order valence-electron chi connectivity index (χ3n) is 3.85. The van der Waals surface area contributed by atoms with Crippen LogP contribution in [-0.4, -0.2) is 47.2 Å². The Labute approximate surface area is 104 Å². The first-order valence-corrected chi connectivity index (χ1v) is 6.61. The quantitative estimate of drug-likeness (QED) is 0.742. The minimum atomic E-state index is -0.791. The van der Waals surface area contributed by atoms with Gasteiger partial charge in [-0.25, -0.2) is 0 Å². The summed E-state index contributed by atoms with van der Waals surface area (Å²) in [5.74, 6) is -0.0144. The zero-order valence-corrected chi connectivity index (χ0v) is 11.5. The fraction of sp³-hybridized carbons (Fsp3) is 0.923. The van der Waals surface area contributed by atoms with Crippen LogP contribution in [0.2, 0.25) is 0 Å². The maximum absolute atomic E-state index is 11.3. The van der Waals surface area contributed by atoms with Crippen LogP contribution < -0.4 is 5.32 Å². The van der Waals surface area contributed by atoms with E-state index >= 15 is 0 Å². The minimum Gasteiger partial charge on any atom is -0.480 e. The number of carboxylic acid groups (broad SMARTS) is 1. The highest BCUT2D eigenvalue weighted by atomic mass is 16.4. The van der Waals surface area contributed by atoms with Gasteiger partial charge in [-0.2, -0.15) is 0 Å². The second kappa shape index (κ2) is 5.83. The van der Waals surface area contributed by atoms with E-state index < -0.39 is 11.5 Å². The Morgan fingerprint density at radius 1 is 1.53 bits per heavy atom. The lowest BCUT2D eigenvalue weighted by molar-refractivity contribution is -0.144. The number of carboxylic acids is 1. The van der Waals surface area contributed by atoms with E-state index in [1.165, 1.54) is 6.42 Å². The first-order valence-electron chi connectivity index (χ1n) is 6.61. The fourth-order valence-electron chi connectivity index (χ4n) is 2.73. The van der Waals surface area contributed by atoms with Gasteiger partial charge in [0.2, 0.25) is 0 Å². The Morgan fingerprint density at radius 3 is 2.59 bits per heavy atom. The van der Waals surface area contributed by atoms with Crippen LogP contribution in [0.1, 0.15) is 40.5 Å². The highest BCUT2D eigenvalue weighted by Crippen LogP contribution is 2.23. The molecule has 17 heavy (non-hydrogen) atoms. The molecule has 0 bridgehead atoms. The van der Waals surface area contributed by atoms with Gasteiger partial charge in [0.25, 0.3) is 0 Å². The molecule has 1 rings (SSSR count). The van der Waals surface area contributed by atoms with E-state index in [4.69, 9.17) is 0 Å². The molecule has 1 fully saturated rings. The predicted octanol–water partition coefficient (Wildman–Crippen LogP) is 1.56. The molecule has 4 heteroatoms. The van der Waals surface area contributed by atoms with Crippen molar-refractivity contribution in [1.29, 1.82) is 0 Å². The molecule has 3 unspecified atom stereocenters. The molecule has 0 amide bonds. The number of carbonyl (C=O) groups is 1. The van der Waals surface area contributed by atoms with Crippen LogP contribution in [0.25, 0.3) is 0 Å². The van der Waals surface area contributed by atoms with Gasteiger partial charge < -0.3 is 15.3 Å². The van der Waals surface area contributed by atoms with Crippen molar-refractivity contribution < 1.29 is 9.90 Å². The van der Waals surface area contributed by atoms with Gasteiger partial charge in [-0.05, 0) is 39.2 Å². The third kappa shape index (κ3) is 3.68. The molecule has 0 radical (unpaired) electrons. The predicted molar refractivity (Wildman–Crippen MR) is 69.2 cm³/mol. The summed E-state index contributed by atoms with van der Waals surface area (Å²) in [7, 11) is 0. The Kier molecular flexibility index (Phi) is 4.95. The van der Waals surface area contributed by atoms with Crippen molar-refractivity contribution in [3.05, 3.63) is 0 Å². The number of nitrogens with zero attached hydrogens (tertiary/aromatic N) is 1. The number of aliphatic carboxylic acids is 1. The first-order chi connectivity index (χ1) is 7.89. The van der Waals surface area contributed by atoms with Crippen LogP contribution in [0, 0.1) is 5.92 Å². The maximum atomic E-state index is 11.3. The zero-order valence-electron chi connectivity index (χ0n) is 11.5. The van der Waals surface area contributed by atoms with E-state index in [2.05, 4.69) is 24.1 Å². The van der Waals surface area contributed by atoms with E-state index in [-0.39, 0.29) is 0 Å². The highest BCUT2D eigenvalue weighted by molar-refractivity contribution is 5.78. The largest absolute Gasteiger partial charge is 0.480 e. The Hall–Kier alpha value is -0.610. The van der Waals surface area contributed by atoms with Crippen LogP contribution in [0.3, 0.4) is 0 Å². The SMILES string of the molecule is CCNC(C)(CCN1CC(C)CC1C)C(=O)O. The van der Waals surface area contributed by atoms with E-state index in [9.17, 15) is 9.90 Å². The fourth-order valence-corrected chi connectivity index (χ4v) is 2.73. The molecule has 0 aromatic heterocycles. The molecule has 0 saturated carbocycles. The molecule has 2 N–H and O–H groups in total. The molecule has 0 aromatic rings. The molecule has 4 nitrogen and oxygen atoms in total. The maximum Gasteiger partial charge on any atom is 0.323 e. The molecule has 1 heterocycles. The molecule has 1 aliphatic rings. The highest BCUT2D eigenvalue weighted by Gasteiger charge is 2.34. The summed E-state index contributed by atoms with van der Waals surface area (Å²) in [6, 6.07) is 0.588. The van der Waals surface area contributed by atoms with E-state index in [0.717, 1.165) is 19.0 Å². The Bertz CT molecular complexity index is 270. The van der Waals surface area contributed by atoms with Gasteiger partial charge in [-0.1, -0.05) is 13.8 Å². The number of likely N-dealkylation sites (tertiary alicyclic amines) is 1. The second-order valence-corrected chi connectivity index (χ2v) is 5.60. The number of likely N-dealkylation sites (N-methyl/N-ethyl adjacent to an activating group) is 1. The summed E-state index contributed by atoms with van der Waals surface area (Å²) in [6.07, 6.45) is 1.89. The molecule has 0 aliphatic carbocycles. The summed E-state index contributed by atoms with van der Waals surface area (Å²) >= 11 is 0. The lowest BCUT2D eigenvalue weighted by atomic mass is 9.97. The summed E-state index contributed by atoms with van der Waals surface area (Å²) in [6.45, 7) is 10.9. The second-order valence-electron chi connectivity index (χ2n) is 5.60. The van der Waals surface area contributed by atoms with Crippen LogP contribution in [0.5, 0.6) is 0 Å². The van der Waals surface area contributed by atoms with Crippen molar-refractivity contribution >= 4 is 5.97 Å². The summed E-state index contributed by atoms with van der Waals surface area (Å²) < 4.78 is 0. The zero-order chi connectivity index (χ0) is 13.1. The van der Waals surface area contributed by atoms with Gasteiger partial charge >= 0.3 is 5.97 Å². The Morgan fingerprint density at radius 2 is 2.18 bits per heavy atom. The first kappa shape index (κ1) is 14.5. The van der Waals surface area contributed by atoms with Crippen LogP contribution in [-0.2, 0) is 4.79 Å². The Balaban J connectivity index is 2.50. The van der Waals surface area contributed by atoms with Crippen molar-refractivity contribution in [3.8, 4) is 0 Å². The van der Waals surface area contributed by atoms with E-state index in [1.807, 2.05) is 6.92 Å². The molecule has 0 aromatic carbocycles. The average Bonchev–Trinajstić information content (AvgIpc) is 2.54. The molecule has 1 aliphatic heterocycles. The van der Waals surface area contributed by atoms with E-state index in [0.29, 0.717) is 19.0 Å². The molecular weight excluding hydrogens is 216 g/mol. The molecule has 3 atom stereocenters. The van der Waals surface area contributed by atoms with Gasteiger partial charge in [0, 0.05) is 19.1 Å². The van der Waals surface area contributed by atoms with Gasteiger partial charge in [0.1, 0.15) is 5.54 Å². The summed E-state index contributed by atoms with van der Waals surface area (Å²) in [4.78, 5) is 13.7. The monoisotopic (exact) mass is 242 g/mol. The smallest absolute Gasteiger partial charge is 0.323 e. The van der Waals surface area contributed by atoms with Crippen molar-refractivity contribution in [3.63, 3.8) is 0 Å². The lowest BCUT2D eigenvalue weighted by Crippen LogP contribution is -2.51. The van der Waals surface area contributed by atoms with E-state index in [1.54, 1.807) is 6.92 Å². The van der Waals surface area contributed by atoms with Crippen molar-refractivity contribution in [1.82, 2.24) is 10.2 Å². The van der Waals surface area contributed by atoms with Gasteiger partial charge in [0.15, 0.2) is 0 Å². The number of hydrogen-bond acceptors (Lipinski definition) is 3. The van der Waals surface area contributed by atoms with Crippen molar-refractivity contribution in [2.45, 2.75) is 52.1 Å². The number of rotatable bonds is 6. The molecular formula is C13H26N2O2. The number of hydrogen-bond donors (Lipinski definition) is 2. The van der Waals surface area contributed by atoms with Crippen LogP contribution >= 0.6 is 0 Å². The van der Waals surface area contributed by atoms with Gasteiger partial charge in [-0.15, -0.1) is 0 Å². The van der Waals surface area contributed by atoms with Crippen LogP contribution in [0.15, 0.2) is 0 Å². The van der Waals surface area contributed by atoms with Crippen molar-refractivity contribution in [2.24, 2.45) is 5.92 Å². The van der Waals surface area contributed by atoms with Gasteiger partial charge in [-0.3, -0.25) is 4.79 Å². The molecule has 1 saturated heterocycles. The normalized spacial score (nSPS) is 29.2. The lowest BCUT2D eigenvalue weighted by Gasteiger charge is -2.29. The van der Waals surface area contributed by atoms with Crippen molar-refractivity contribution in [2.75, 3.05) is 19.6 Å². The van der Waals surface area contributed by atoms with Crippen LogP contribution in [0.4, 0.5) is 0 Å². The minimum absolute atomic E-state index is 0.588. The average molecular weight is 242 g/mol. The summed E-state index contributed by atoms with van der Waals surface area (Å²) in [5.41, 5.74) is -0.791. The molecule has 100 valence electrons. The topological polar surface area (TPSA) is 52.6 Å². The standard InChI is InChI=1S/C13H26N2O2/c1-5-14-13(4,12(16)17)6-7-15-9-10(2)8-11(15)3/h10-11,14H,5-9H2,1-4H3,(H,16,17). The third-order valence-corrected chi connectivity index (χ3v) is 3.85.